The van der Waals surface area contributed by atoms with Gasteiger partial charge in [0.1, 0.15) is 0 Å². The summed E-state index contributed by atoms with van der Waals surface area (Å²) in [4.78, 5) is 27.3. The monoisotopic (exact) mass is 368 g/mol. The third-order valence-electron chi connectivity index (χ3n) is 6.50. The van der Waals surface area contributed by atoms with Crippen LogP contribution in [-0.4, -0.2) is 48.1 Å². The van der Waals surface area contributed by atoms with Crippen molar-refractivity contribution in [1.29, 1.82) is 0 Å². The van der Waals surface area contributed by atoms with Gasteiger partial charge in [0.05, 0.1) is 24.4 Å². The van der Waals surface area contributed by atoms with Crippen LogP contribution < -0.4 is 5.32 Å². The molecule has 0 bridgehead atoms. The number of aliphatic carboxylic acids is 1. The quantitative estimate of drug-likeness (QED) is 0.485. The highest BCUT2D eigenvalue weighted by Crippen LogP contribution is 2.52. The number of methoxy groups -OCH3 is 1. The van der Waals surface area contributed by atoms with Crippen molar-refractivity contribution in [3.8, 4) is 0 Å². The lowest BCUT2D eigenvalue weighted by atomic mass is 9.68. The van der Waals surface area contributed by atoms with Crippen LogP contribution >= 0.6 is 0 Å². The van der Waals surface area contributed by atoms with E-state index in [1.54, 1.807) is 0 Å². The summed E-state index contributed by atoms with van der Waals surface area (Å²) in [5, 5.41) is 12.7. The van der Waals surface area contributed by atoms with Gasteiger partial charge in [-0.15, -0.1) is 6.58 Å². The van der Waals surface area contributed by atoms with E-state index in [2.05, 4.69) is 16.8 Å². The van der Waals surface area contributed by atoms with Crippen LogP contribution in [0.25, 0.3) is 0 Å². The lowest BCUT2D eigenvalue weighted by molar-refractivity contribution is -0.134. The second-order valence-electron chi connectivity index (χ2n) is 7.59. The molecule has 4 atom stereocenters. The molecule has 3 aliphatic rings. The lowest BCUT2D eigenvalue weighted by Gasteiger charge is -2.44. The van der Waals surface area contributed by atoms with Gasteiger partial charge in [0.15, 0.2) is 0 Å². The van der Waals surface area contributed by atoms with E-state index in [4.69, 9.17) is 4.74 Å². The van der Waals surface area contributed by atoms with Crippen molar-refractivity contribution < 1.29 is 19.4 Å². The largest absolute Gasteiger partial charge is 0.504 e. The number of nitrogens with zero attached hydrogens (tertiary/aromatic N) is 1. The Labute approximate surface area is 158 Å². The molecule has 1 spiro atoms. The molecule has 2 saturated heterocycles. The van der Waals surface area contributed by atoms with Crippen LogP contribution in [-0.2, 0) is 19.7 Å². The van der Waals surface area contributed by atoms with Crippen LogP contribution in [0.4, 0.5) is 5.69 Å². The number of carbonyl (C=O) groups is 2. The van der Waals surface area contributed by atoms with Crippen molar-refractivity contribution in [2.45, 2.75) is 24.3 Å². The minimum Gasteiger partial charge on any atom is -0.504 e. The molecule has 0 aliphatic carbocycles. The first-order valence-electron chi connectivity index (χ1n) is 9.26. The maximum Gasteiger partial charge on any atom is 0.334 e. The Balaban J connectivity index is 1.76. The first kappa shape index (κ1) is 17.8. The maximum atomic E-state index is 13.1. The molecule has 1 amide bonds. The number of hydrogen-bond donors (Lipinski definition) is 2. The van der Waals surface area contributed by atoms with E-state index < -0.39 is 11.4 Å². The molecule has 4 rings (SSSR count). The fourth-order valence-electron chi connectivity index (χ4n) is 5.27. The molecule has 0 aromatic heterocycles. The summed E-state index contributed by atoms with van der Waals surface area (Å²) in [7, 11) is 1.46. The van der Waals surface area contributed by atoms with Crippen LogP contribution in [0.15, 0.2) is 48.8 Å². The van der Waals surface area contributed by atoms with Gasteiger partial charge in [-0.1, -0.05) is 24.3 Å². The van der Waals surface area contributed by atoms with E-state index in [0.717, 1.165) is 24.2 Å². The summed E-state index contributed by atoms with van der Waals surface area (Å²) in [5.41, 5.74) is 1.54. The average molecular weight is 368 g/mol. The van der Waals surface area contributed by atoms with Gasteiger partial charge in [0.2, 0.25) is 5.91 Å². The Hall–Kier alpha value is -2.60. The van der Waals surface area contributed by atoms with E-state index in [9.17, 15) is 14.7 Å². The summed E-state index contributed by atoms with van der Waals surface area (Å²) < 4.78 is 5.05. The molecule has 0 saturated carbocycles. The van der Waals surface area contributed by atoms with E-state index >= 15 is 0 Å². The molecule has 2 fully saturated rings. The third kappa shape index (κ3) is 2.51. The number of hydrogen-bond acceptors (Lipinski definition) is 4. The molecule has 6 nitrogen and oxygen atoms in total. The highest BCUT2D eigenvalue weighted by atomic mass is 16.5. The average Bonchev–Trinajstić information content (AvgIpc) is 3.18. The van der Waals surface area contributed by atoms with Crippen LogP contribution in [0.1, 0.15) is 18.4 Å². The van der Waals surface area contributed by atoms with Gasteiger partial charge in [0, 0.05) is 24.2 Å². The Morgan fingerprint density at radius 1 is 1.44 bits per heavy atom. The van der Waals surface area contributed by atoms with Crippen molar-refractivity contribution in [3.63, 3.8) is 0 Å². The molecule has 27 heavy (non-hydrogen) atoms. The fraction of sp³-hybridized carbons (Fsp3) is 0.429. The summed E-state index contributed by atoms with van der Waals surface area (Å²) in [6.07, 6.45) is 4.48. The zero-order valence-corrected chi connectivity index (χ0v) is 15.4. The lowest BCUT2D eigenvalue weighted by Crippen LogP contribution is -2.53. The number of carboxylic acids is 1. The second-order valence-corrected chi connectivity index (χ2v) is 7.59. The van der Waals surface area contributed by atoms with Gasteiger partial charge >= 0.3 is 5.97 Å². The number of benzene rings is 1. The third-order valence-corrected chi connectivity index (χ3v) is 6.50. The van der Waals surface area contributed by atoms with Gasteiger partial charge in [-0.2, -0.15) is 0 Å². The van der Waals surface area contributed by atoms with Gasteiger partial charge in [-0.25, -0.2) is 4.79 Å². The SMILES string of the molecule is C=C[C@@H]1CN2CC[C@]3(C(=O)Nc4ccccc43)[C@@H]2C[C@@H]1/C(=C\OC)C(=O)O. The van der Waals surface area contributed by atoms with E-state index in [1.807, 2.05) is 30.3 Å². The van der Waals surface area contributed by atoms with Crippen LogP contribution in [0.2, 0.25) is 0 Å². The number of rotatable bonds is 4. The van der Waals surface area contributed by atoms with E-state index in [1.165, 1.54) is 13.4 Å². The number of carboxylic acid groups (broad SMARTS) is 1. The van der Waals surface area contributed by atoms with Crippen molar-refractivity contribution in [3.05, 3.63) is 54.3 Å². The fourth-order valence-corrected chi connectivity index (χ4v) is 5.27. The Bertz CT molecular complexity index is 833. The Kier molecular flexibility index (Phi) is 4.30. The predicted molar refractivity (Wildman–Crippen MR) is 101 cm³/mol. The number of carbonyl (C=O) groups excluding carboxylic acids is 1. The predicted octanol–water partition coefficient (Wildman–Crippen LogP) is 2.39. The molecule has 1 aromatic rings. The first-order valence-corrected chi connectivity index (χ1v) is 9.26. The maximum absolute atomic E-state index is 13.1. The molecule has 142 valence electrons. The first-order chi connectivity index (χ1) is 13.0. The number of fused-ring (bicyclic) bond motifs is 4. The molecule has 2 N–H and O–H groups in total. The van der Waals surface area contributed by atoms with Gasteiger partial charge in [-0.05, 0) is 36.9 Å². The minimum atomic E-state index is -0.981. The zero-order valence-electron chi connectivity index (χ0n) is 15.4. The van der Waals surface area contributed by atoms with Crippen LogP contribution in [0, 0.1) is 11.8 Å². The second kappa shape index (κ2) is 6.53. The standard InChI is InChI=1S/C21H24N2O4/c1-3-13-11-23-9-8-21(16-6-4-5-7-17(16)22-20(21)26)18(23)10-14(13)15(12-27-2)19(24)25/h3-7,12-14,18H,1,8-11H2,2H3,(H,22,26)(H,24,25)/b15-12+/t13-,14+,18+,21-/m1/s1. The molecule has 3 aliphatic heterocycles. The van der Waals surface area contributed by atoms with Crippen molar-refractivity contribution in [2.24, 2.45) is 11.8 Å². The minimum absolute atomic E-state index is 0.00797. The highest BCUT2D eigenvalue weighted by Gasteiger charge is 2.60. The summed E-state index contributed by atoms with van der Waals surface area (Å²) in [6, 6.07) is 7.80. The van der Waals surface area contributed by atoms with E-state index in [0.29, 0.717) is 13.0 Å². The zero-order chi connectivity index (χ0) is 19.2. The van der Waals surface area contributed by atoms with Crippen LogP contribution in [0.3, 0.4) is 0 Å². The van der Waals surface area contributed by atoms with Crippen molar-refractivity contribution in [2.75, 3.05) is 25.5 Å². The molecule has 6 heteroatoms. The number of nitrogens with one attached hydrogen (secondary N) is 1. The number of piperidine rings is 1. The molecule has 1 aromatic carbocycles. The molecular weight excluding hydrogens is 344 g/mol. The smallest absolute Gasteiger partial charge is 0.334 e. The van der Waals surface area contributed by atoms with Crippen molar-refractivity contribution in [1.82, 2.24) is 4.90 Å². The molecule has 3 heterocycles. The molecular formula is C21H24N2O4. The van der Waals surface area contributed by atoms with Gasteiger partial charge in [-0.3, -0.25) is 9.69 Å². The van der Waals surface area contributed by atoms with E-state index in [-0.39, 0.29) is 29.4 Å². The molecule has 0 unspecified atom stereocenters. The number of amides is 1. The number of ether oxygens (including phenoxy) is 1. The van der Waals surface area contributed by atoms with Crippen LogP contribution in [0.5, 0.6) is 0 Å². The summed E-state index contributed by atoms with van der Waals surface area (Å²) >= 11 is 0. The topological polar surface area (TPSA) is 78.9 Å². The normalized spacial score (nSPS) is 32.7. The Morgan fingerprint density at radius 2 is 2.22 bits per heavy atom. The summed E-state index contributed by atoms with van der Waals surface area (Å²) in [6.45, 7) is 5.44. The number of para-hydroxylation sites is 1. The summed E-state index contributed by atoms with van der Waals surface area (Å²) in [5.74, 6) is -1.18. The van der Waals surface area contributed by atoms with Gasteiger partial charge < -0.3 is 15.2 Å². The Morgan fingerprint density at radius 3 is 2.93 bits per heavy atom. The number of anilines is 1. The van der Waals surface area contributed by atoms with Gasteiger partial charge in [0.25, 0.3) is 0 Å². The highest BCUT2D eigenvalue weighted by molar-refractivity contribution is 6.07. The van der Waals surface area contributed by atoms with Crippen molar-refractivity contribution >= 4 is 17.6 Å². The molecule has 0 radical (unpaired) electrons.